The Morgan fingerprint density at radius 2 is 2.10 bits per heavy atom. The van der Waals surface area contributed by atoms with E-state index >= 15 is 0 Å². The van der Waals surface area contributed by atoms with Crippen molar-refractivity contribution in [1.29, 1.82) is 0 Å². The monoisotopic (exact) mass is 292 g/mol. The van der Waals surface area contributed by atoms with Gasteiger partial charge in [0.2, 0.25) is 0 Å². The molecule has 0 aliphatic rings. The summed E-state index contributed by atoms with van der Waals surface area (Å²) in [6.07, 6.45) is 0. The number of carboxylic acids is 1. The number of hydrogen-bond donors (Lipinski definition) is 2. The molecule has 1 heterocycles. The van der Waals surface area contributed by atoms with E-state index in [0.717, 1.165) is 16.9 Å². The van der Waals surface area contributed by atoms with Gasteiger partial charge in [-0.1, -0.05) is 11.6 Å². The van der Waals surface area contributed by atoms with Crippen LogP contribution in [0.3, 0.4) is 0 Å². The number of pyridine rings is 1. The maximum absolute atomic E-state index is 11.1. The van der Waals surface area contributed by atoms with Crippen molar-refractivity contribution in [3.63, 3.8) is 0 Å². The van der Waals surface area contributed by atoms with Crippen LogP contribution in [0.1, 0.15) is 16.1 Å². The van der Waals surface area contributed by atoms with Gasteiger partial charge in [0.05, 0.1) is 23.5 Å². The summed E-state index contributed by atoms with van der Waals surface area (Å²) in [5.74, 6) is -0.470. The summed E-state index contributed by atoms with van der Waals surface area (Å²) in [4.78, 5) is 15.1. The molecule has 1 aromatic heterocycles. The Labute approximate surface area is 121 Å². The number of benzene rings is 1. The summed E-state index contributed by atoms with van der Waals surface area (Å²) in [5.41, 5.74) is 7.77. The molecule has 20 heavy (non-hydrogen) atoms. The molecule has 0 aliphatic carbocycles. The molecule has 104 valence electrons. The van der Waals surface area contributed by atoms with Crippen LogP contribution in [-0.4, -0.2) is 23.2 Å². The molecule has 0 saturated carbocycles. The molecule has 0 bridgehead atoms. The highest BCUT2D eigenvalue weighted by molar-refractivity contribution is 6.35. The number of ether oxygens (including phenoxy) is 1. The van der Waals surface area contributed by atoms with Gasteiger partial charge in [-0.15, -0.1) is 0 Å². The summed E-state index contributed by atoms with van der Waals surface area (Å²) in [6.45, 7) is 1.89. The van der Waals surface area contributed by atoms with Crippen molar-refractivity contribution >= 4 is 23.3 Å². The summed E-state index contributed by atoms with van der Waals surface area (Å²) >= 11 is 5.84. The highest BCUT2D eigenvalue weighted by Crippen LogP contribution is 2.30. The molecule has 0 saturated heterocycles. The molecular formula is C14H13ClN2O3. The third-order valence-electron chi connectivity index (χ3n) is 2.88. The molecule has 2 aromatic rings. The summed E-state index contributed by atoms with van der Waals surface area (Å²) < 4.78 is 5.18. The number of carboxylic acid groups (broad SMARTS) is 1. The number of aromatic carboxylic acids is 1. The molecular weight excluding hydrogens is 280 g/mol. The second-order valence-electron chi connectivity index (χ2n) is 4.25. The maximum atomic E-state index is 11.1. The smallest absolute Gasteiger partial charge is 0.356 e. The first-order chi connectivity index (χ1) is 9.43. The van der Waals surface area contributed by atoms with Gasteiger partial charge in [-0.3, -0.25) is 0 Å². The molecule has 0 radical (unpaired) electrons. The third kappa shape index (κ3) is 2.53. The van der Waals surface area contributed by atoms with Gasteiger partial charge in [-0.25, -0.2) is 9.78 Å². The number of hydrogen-bond acceptors (Lipinski definition) is 4. The lowest BCUT2D eigenvalue weighted by Crippen LogP contribution is -2.05. The van der Waals surface area contributed by atoms with Crippen molar-refractivity contribution in [3.05, 3.63) is 40.5 Å². The van der Waals surface area contributed by atoms with Gasteiger partial charge in [-0.2, -0.15) is 0 Å². The van der Waals surface area contributed by atoms with Crippen molar-refractivity contribution in [2.24, 2.45) is 0 Å². The number of aromatic nitrogens is 1. The molecule has 0 unspecified atom stereocenters. The quantitative estimate of drug-likeness (QED) is 0.908. The fourth-order valence-corrected chi connectivity index (χ4v) is 2.05. The predicted molar refractivity (Wildman–Crippen MR) is 77.3 cm³/mol. The first kappa shape index (κ1) is 14.1. The van der Waals surface area contributed by atoms with Gasteiger partial charge < -0.3 is 15.6 Å². The first-order valence-electron chi connectivity index (χ1n) is 5.78. The maximum Gasteiger partial charge on any atom is 0.356 e. The second kappa shape index (κ2) is 5.38. The van der Waals surface area contributed by atoms with Crippen molar-refractivity contribution < 1.29 is 14.6 Å². The van der Waals surface area contributed by atoms with E-state index in [-0.39, 0.29) is 16.4 Å². The van der Waals surface area contributed by atoms with E-state index in [0.29, 0.717) is 5.69 Å². The lowest BCUT2D eigenvalue weighted by Gasteiger charge is -2.09. The zero-order valence-electron chi connectivity index (χ0n) is 11.0. The van der Waals surface area contributed by atoms with E-state index in [4.69, 9.17) is 27.2 Å². The van der Waals surface area contributed by atoms with Gasteiger partial charge in [0, 0.05) is 5.56 Å². The van der Waals surface area contributed by atoms with E-state index in [9.17, 15) is 4.79 Å². The molecule has 6 heteroatoms. The van der Waals surface area contributed by atoms with Crippen molar-refractivity contribution in [2.45, 2.75) is 6.92 Å². The predicted octanol–water partition coefficient (Wildman–Crippen LogP) is 3.00. The Bertz CT molecular complexity index is 686. The summed E-state index contributed by atoms with van der Waals surface area (Å²) in [6, 6.07) is 6.97. The molecule has 0 fully saturated rings. The highest BCUT2D eigenvalue weighted by Gasteiger charge is 2.16. The minimum Gasteiger partial charge on any atom is -0.496 e. The topological polar surface area (TPSA) is 85.4 Å². The number of aryl methyl sites for hydroxylation is 1. The number of halogens is 1. The van der Waals surface area contributed by atoms with Gasteiger partial charge in [0.25, 0.3) is 0 Å². The van der Waals surface area contributed by atoms with E-state index in [1.54, 1.807) is 25.3 Å². The van der Waals surface area contributed by atoms with Crippen LogP contribution < -0.4 is 10.5 Å². The fraction of sp³-hybridized carbons (Fsp3) is 0.143. The Balaban J connectivity index is 2.58. The molecule has 0 spiro atoms. The molecule has 3 N–H and O–H groups in total. The van der Waals surface area contributed by atoms with E-state index in [1.807, 2.05) is 13.0 Å². The molecule has 1 aromatic carbocycles. The van der Waals surface area contributed by atoms with Gasteiger partial charge in [-0.05, 0) is 36.8 Å². The lowest BCUT2D eigenvalue weighted by molar-refractivity contribution is 0.0691. The van der Waals surface area contributed by atoms with Crippen LogP contribution in [0.25, 0.3) is 11.3 Å². The summed E-state index contributed by atoms with van der Waals surface area (Å²) in [5, 5.41) is 9.03. The number of rotatable bonds is 3. The Morgan fingerprint density at radius 3 is 2.65 bits per heavy atom. The van der Waals surface area contributed by atoms with Gasteiger partial charge in [0.1, 0.15) is 5.75 Å². The summed E-state index contributed by atoms with van der Waals surface area (Å²) in [7, 11) is 1.59. The number of nitrogens with two attached hydrogens (primary N) is 1. The largest absolute Gasteiger partial charge is 0.496 e. The van der Waals surface area contributed by atoms with Gasteiger partial charge in [0.15, 0.2) is 5.69 Å². The number of carbonyl (C=O) groups is 1. The second-order valence-corrected chi connectivity index (χ2v) is 4.63. The number of nitrogen functional groups attached to an aromatic ring is 1. The Morgan fingerprint density at radius 1 is 1.40 bits per heavy atom. The van der Waals surface area contributed by atoms with Gasteiger partial charge >= 0.3 is 5.97 Å². The van der Waals surface area contributed by atoms with Crippen LogP contribution >= 0.6 is 11.6 Å². The lowest BCUT2D eigenvalue weighted by atomic mass is 10.1. The van der Waals surface area contributed by atoms with Crippen LogP contribution in [0, 0.1) is 6.92 Å². The zero-order valence-corrected chi connectivity index (χ0v) is 11.7. The van der Waals surface area contributed by atoms with Crippen molar-refractivity contribution in [1.82, 2.24) is 4.98 Å². The molecule has 0 amide bonds. The normalized spacial score (nSPS) is 10.3. The fourth-order valence-electron chi connectivity index (χ4n) is 1.88. The third-order valence-corrected chi connectivity index (χ3v) is 3.28. The van der Waals surface area contributed by atoms with E-state index in [2.05, 4.69) is 4.98 Å². The Kier molecular flexibility index (Phi) is 3.81. The Hall–Kier alpha value is -2.27. The number of methoxy groups -OCH3 is 1. The SMILES string of the molecule is COc1ccc(-c2cc(N)c(Cl)c(C(=O)O)n2)cc1C. The van der Waals surface area contributed by atoms with Crippen LogP contribution in [0.5, 0.6) is 5.75 Å². The molecule has 5 nitrogen and oxygen atoms in total. The number of nitrogens with zero attached hydrogens (tertiary/aromatic N) is 1. The van der Waals surface area contributed by atoms with Crippen LogP contribution in [0.4, 0.5) is 5.69 Å². The van der Waals surface area contributed by atoms with E-state index in [1.165, 1.54) is 0 Å². The average molecular weight is 293 g/mol. The minimum atomic E-state index is -1.21. The molecule has 0 aliphatic heterocycles. The van der Waals surface area contributed by atoms with Crippen LogP contribution in [0.15, 0.2) is 24.3 Å². The standard InChI is InChI=1S/C14H13ClN2O3/c1-7-5-8(3-4-11(7)20-2)10-6-9(16)12(15)13(17-10)14(18)19/h3-6H,1-2H3,(H2,16,17)(H,18,19). The van der Waals surface area contributed by atoms with Crippen LogP contribution in [0.2, 0.25) is 5.02 Å². The average Bonchev–Trinajstić information content (AvgIpc) is 2.41. The van der Waals surface area contributed by atoms with Crippen LogP contribution in [-0.2, 0) is 0 Å². The number of anilines is 1. The first-order valence-corrected chi connectivity index (χ1v) is 6.16. The minimum absolute atomic E-state index is 0.0496. The van der Waals surface area contributed by atoms with E-state index < -0.39 is 5.97 Å². The molecule has 0 atom stereocenters. The molecule has 2 rings (SSSR count). The van der Waals surface area contributed by atoms with Crippen molar-refractivity contribution in [2.75, 3.05) is 12.8 Å². The zero-order chi connectivity index (χ0) is 14.9. The van der Waals surface area contributed by atoms with Crippen molar-refractivity contribution in [3.8, 4) is 17.0 Å². The highest BCUT2D eigenvalue weighted by atomic mass is 35.5.